The lowest BCUT2D eigenvalue weighted by molar-refractivity contribution is -0.133. The zero-order valence-electron chi connectivity index (χ0n) is 11.3. The van der Waals surface area contributed by atoms with Crippen LogP contribution in [-0.2, 0) is 16.1 Å². The summed E-state index contributed by atoms with van der Waals surface area (Å²) in [6.07, 6.45) is 1.55. The predicted molar refractivity (Wildman–Crippen MR) is 75.9 cm³/mol. The average Bonchev–Trinajstić information content (AvgIpc) is 2.83. The van der Waals surface area contributed by atoms with Crippen LogP contribution in [0.2, 0.25) is 5.02 Å². The third-order valence-electron chi connectivity index (χ3n) is 3.84. The third-order valence-corrected chi connectivity index (χ3v) is 4.08. The average molecular weight is 296 g/mol. The Kier molecular flexibility index (Phi) is 4.13. The summed E-state index contributed by atoms with van der Waals surface area (Å²) in [4.78, 5) is 14.2. The van der Waals surface area contributed by atoms with Gasteiger partial charge in [-0.25, -0.2) is 0 Å². The van der Waals surface area contributed by atoms with Gasteiger partial charge in [0.15, 0.2) is 0 Å². The van der Waals surface area contributed by atoms with Crippen LogP contribution >= 0.6 is 11.6 Å². The number of carbonyl (C=O) groups excluding carboxylic acids is 1. The van der Waals surface area contributed by atoms with Crippen molar-refractivity contribution in [3.05, 3.63) is 28.8 Å². The molecule has 1 aromatic carbocycles. The van der Waals surface area contributed by atoms with Gasteiger partial charge < -0.3 is 14.4 Å². The third kappa shape index (κ3) is 3.07. The molecule has 20 heavy (non-hydrogen) atoms. The monoisotopic (exact) mass is 295 g/mol. The lowest BCUT2D eigenvalue weighted by Crippen LogP contribution is -2.33. The second kappa shape index (κ2) is 6.02. The van der Waals surface area contributed by atoms with Crippen LogP contribution in [0.1, 0.15) is 18.4 Å². The van der Waals surface area contributed by atoms with Crippen LogP contribution in [-0.4, -0.2) is 37.2 Å². The molecule has 0 N–H and O–H groups in total. The molecule has 2 aliphatic rings. The molecule has 0 spiro atoms. The van der Waals surface area contributed by atoms with Crippen molar-refractivity contribution < 1.29 is 14.3 Å². The van der Waals surface area contributed by atoms with E-state index in [1.165, 1.54) is 0 Å². The van der Waals surface area contributed by atoms with Crippen molar-refractivity contribution in [1.29, 1.82) is 0 Å². The summed E-state index contributed by atoms with van der Waals surface area (Å²) < 4.78 is 11.0. The molecular weight excluding hydrogens is 278 g/mol. The second-order valence-electron chi connectivity index (χ2n) is 5.35. The fourth-order valence-corrected chi connectivity index (χ4v) is 2.89. The minimum atomic E-state index is 0.178. The second-order valence-corrected chi connectivity index (χ2v) is 5.79. The van der Waals surface area contributed by atoms with Crippen LogP contribution in [0, 0.1) is 5.92 Å². The predicted octanol–water partition coefficient (Wildman–Crippen LogP) is 2.49. The van der Waals surface area contributed by atoms with Gasteiger partial charge in [0, 0.05) is 36.8 Å². The normalized spacial score (nSPS) is 22.1. The summed E-state index contributed by atoms with van der Waals surface area (Å²) in [5.41, 5.74) is 0.978. The first-order chi connectivity index (χ1) is 9.72. The largest absolute Gasteiger partial charge is 0.491 e. The molecule has 2 heterocycles. The van der Waals surface area contributed by atoms with E-state index in [1.807, 2.05) is 23.1 Å². The van der Waals surface area contributed by atoms with Crippen LogP contribution in [0.15, 0.2) is 18.2 Å². The van der Waals surface area contributed by atoms with Crippen LogP contribution < -0.4 is 4.74 Å². The van der Waals surface area contributed by atoms with Crippen molar-refractivity contribution in [2.45, 2.75) is 19.4 Å². The molecule has 1 amide bonds. The molecule has 0 aliphatic carbocycles. The van der Waals surface area contributed by atoms with Crippen molar-refractivity contribution in [1.82, 2.24) is 4.90 Å². The highest BCUT2D eigenvalue weighted by atomic mass is 35.5. The quantitative estimate of drug-likeness (QED) is 0.841. The first-order valence-electron chi connectivity index (χ1n) is 6.99. The number of ether oxygens (including phenoxy) is 2. The van der Waals surface area contributed by atoms with Gasteiger partial charge in [-0.15, -0.1) is 0 Å². The maximum Gasteiger partial charge on any atom is 0.223 e. The van der Waals surface area contributed by atoms with Crippen molar-refractivity contribution in [2.24, 2.45) is 5.92 Å². The Hall–Kier alpha value is -1.26. The molecule has 5 heteroatoms. The SMILES string of the molecule is O=C(C[C@@H]1CCOC1)N1CCOc2ccc(Cl)cc2C1. The molecule has 0 aromatic heterocycles. The van der Waals surface area contributed by atoms with E-state index in [9.17, 15) is 4.79 Å². The van der Waals surface area contributed by atoms with Crippen LogP contribution in [0.25, 0.3) is 0 Å². The van der Waals surface area contributed by atoms with Gasteiger partial charge >= 0.3 is 0 Å². The molecular formula is C15H18ClNO3. The van der Waals surface area contributed by atoms with Gasteiger partial charge in [0.2, 0.25) is 5.91 Å². The fraction of sp³-hybridized carbons (Fsp3) is 0.533. The lowest BCUT2D eigenvalue weighted by Gasteiger charge is -2.21. The summed E-state index contributed by atoms with van der Waals surface area (Å²) in [5, 5.41) is 0.672. The Morgan fingerprint density at radius 1 is 1.40 bits per heavy atom. The van der Waals surface area contributed by atoms with Crippen molar-refractivity contribution >= 4 is 17.5 Å². The van der Waals surface area contributed by atoms with Gasteiger partial charge in [-0.3, -0.25) is 4.79 Å². The molecule has 3 rings (SSSR count). The van der Waals surface area contributed by atoms with Crippen molar-refractivity contribution in [2.75, 3.05) is 26.4 Å². The summed E-state index contributed by atoms with van der Waals surface area (Å²) in [6, 6.07) is 5.56. The number of halogens is 1. The Balaban J connectivity index is 1.69. The van der Waals surface area contributed by atoms with Gasteiger partial charge in [0.05, 0.1) is 6.54 Å². The van der Waals surface area contributed by atoms with E-state index in [0.29, 0.717) is 43.7 Å². The molecule has 4 nitrogen and oxygen atoms in total. The summed E-state index contributed by atoms with van der Waals surface area (Å²) in [7, 11) is 0. The molecule has 2 aliphatic heterocycles. The Bertz CT molecular complexity index is 500. The van der Waals surface area contributed by atoms with Crippen molar-refractivity contribution in [3.8, 4) is 5.75 Å². The summed E-state index contributed by atoms with van der Waals surface area (Å²) >= 11 is 6.02. The molecule has 0 unspecified atom stereocenters. The summed E-state index contributed by atoms with van der Waals surface area (Å²) in [5.74, 6) is 1.37. The number of rotatable bonds is 2. The molecule has 0 saturated carbocycles. The molecule has 108 valence electrons. The number of amides is 1. The van der Waals surface area contributed by atoms with Crippen LogP contribution in [0.4, 0.5) is 0 Å². The molecule has 1 saturated heterocycles. The number of benzene rings is 1. The van der Waals surface area contributed by atoms with Crippen molar-refractivity contribution in [3.63, 3.8) is 0 Å². The zero-order valence-corrected chi connectivity index (χ0v) is 12.1. The van der Waals surface area contributed by atoms with E-state index in [2.05, 4.69) is 0 Å². The smallest absolute Gasteiger partial charge is 0.223 e. The summed E-state index contributed by atoms with van der Waals surface area (Å²) in [6.45, 7) is 3.21. The number of fused-ring (bicyclic) bond motifs is 1. The topological polar surface area (TPSA) is 38.8 Å². The van der Waals surface area contributed by atoms with Gasteiger partial charge in [-0.05, 0) is 30.5 Å². The number of hydrogen-bond donors (Lipinski definition) is 0. The van der Waals surface area contributed by atoms with Gasteiger partial charge in [0.25, 0.3) is 0 Å². The highest BCUT2D eigenvalue weighted by Gasteiger charge is 2.24. The highest BCUT2D eigenvalue weighted by Crippen LogP contribution is 2.27. The molecule has 1 aromatic rings. The Morgan fingerprint density at radius 3 is 3.10 bits per heavy atom. The molecule has 0 bridgehead atoms. The maximum atomic E-state index is 12.4. The zero-order chi connectivity index (χ0) is 13.9. The number of carbonyl (C=O) groups is 1. The highest BCUT2D eigenvalue weighted by molar-refractivity contribution is 6.30. The lowest BCUT2D eigenvalue weighted by atomic mass is 10.0. The first kappa shape index (κ1) is 13.7. The first-order valence-corrected chi connectivity index (χ1v) is 7.37. The minimum absolute atomic E-state index is 0.178. The van der Waals surface area contributed by atoms with E-state index >= 15 is 0 Å². The minimum Gasteiger partial charge on any atom is -0.491 e. The van der Waals surface area contributed by atoms with Crippen LogP contribution in [0.5, 0.6) is 5.75 Å². The standard InChI is InChI=1S/C15H18ClNO3/c16-13-1-2-14-12(8-13)9-17(4-6-20-14)15(18)7-11-3-5-19-10-11/h1-2,8,11H,3-7,9-10H2/t11-/m0/s1. The van der Waals surface area contributed by atoms with E-state index in [1.54, 1.807) is 0 Å². The Morgan fingerprint density at radius 2 is 2.30 bits per heavy atom. The number of hydrogen-bond acceptors (Lipinski definition) is 3. The van der Waals surface area contributed by atoms with Gasteiger partial charge in [-0.2, -0.15) is 0 Å². The molecule has 1 atom stereocenters. The van der Waals surface area contributed by atoms with Gasteiger partial charge in [0.1, 0.15) is 12.4 Å². The molecule has 1 fully saturated rings. The van der Waals surface area contributed by atoms with Gasteiger partial charge in [-0.1, -0.05) is 11.6 Å². The maximum absolute atomic E-state index is 12.4. The van der Waals surface area contributed by atoms with E-state index in [0.717, 1.165) is 24.3 Å². The fourth-order valence-electron chi connectivity index (χ4n) is 2.70. The van der Waals surface area contributed by atoms with E-state index in [-0.39, 0.29) is 5.91 Å². The number of nitrogens with zero attached hydrogens (tertiary/aromatic N) is 1. The van der Waals surface area contributed by atoms with E-state index < -0.39 is 0 Å². The molecule has 0 radical (unpaired) electrons. The Labute approximate surface area is 123 Å². The van der Waals surface area contributed by atoms with Crippen LogP contribution in [0.3, 0.4) is 0 Å². The van der Waals surface area contributed by atoms with E-state index in [4.69, 9.17) is 21.1 Å².